The number of para-hydroxylation sites is 1. The van der Waals surface area contributed by atoms with Gasteiger partial charge in [-0.15, -0.1) is 24.0 Å². The SMILES string of the molecule is CCNC(=O)c1cccc(CN=C(NCC)NCc2ccccc2OC(F)F)c1.I. The van der Waals surface area contributed by atoms with Crippen LogP contribution < -0.4 is 20.7 Å². The Kier molecular flexibility index (Phi) is 11.7. The van der Waals surface area contributed by atoms with E-state index >= 15 is 0 Å². The lowest BCUT2D eigenvalue weighted by Crippen LogP contribution is -2.36. The molecule has 0 aliphatic rings. The van der Waals surface area contributed by atoms with Crippen molar-refractivity contribution in [3.8, 4) is 5.75 Å². The standard InChI is InChI=1S/C21H26F2N4O2.HI/c1-3-24-19(28)16-10-7-8-15(12-16)13-26-21(25-4-2)27-14-17-9-5-6-11-18(17)29-20(22)23;/h5-12,20H,3-4,13-14H2,1-2H3,(H,24,28)(H2,25,26,27);1H. The number of hydrogen-bond acceptors (Lipinski definition) is 3. The topological polar surface area (TPSA) is 74.8 Å². The minimum atomic E-state index is -2.88. The summed E-state index contributed by atoms with van der Waals surface area (Å²) in [5.41, 5.74) is 2.06. The minimum Gasteiger partial charge on any atom is -0.434 e. The van der Waals surface area contributed by atoms with Crippen LogP contribution in [0.15, 0.2) is 53.5 Å². The molecular formula is C21H27F2IN4O2. The molecule has 2 rings (SSSR count). The number of carbonyl (C=O) groups is 1. The van der Waals surface area contributed by atoms with Crippen molar-refractivity contribution in [2.45, 2.75) is 33.5 Å². The van der Waals surface area contributed by atoms with Gasteiger partial charge in [-0.05, 0) is 37.6 Å². The summed E-state index contributed by atoms with van der Waals surface area (Å²) in [7, 11) is 0. The zero-order chi connectivity index (χ0) is 21.1. The number of carbonyl (C=O) groups excluding carboxylic acids is 1. The number of hydrogen-bond donors (Lipinski definition) is 3. The summed E-state index contributed by atoms with van der Waals surface area (Å²) >= 11 is 0. The van der Waals surface area contributed by atoms with Crippen LogP contribution in [0.4, 0.5) is 8.78 Å². The van der Waals surface area contributed by atoms with Crippen molar-refractivity contribution in [2.75, 3.05) is 13.1 Å². The van der Waals surface area contributed by atoms with Gasteiger partial charge in [0.25, 0.3) is 5.91 Å². The summed E-state index contributed by atoms with van der Waals surface area (Å²) < 4.78 is 29.7. The highest BCUT2D eigenvalue weighted by Crippen LogP contribution is 2.19. The average Bonchev–Trinajstić information content (AvgIpc) is 2.71. The third kappa shape index (κ3) is 8.52. The fraction of sp³-hybridized carbons (Fsp3) is 0.333. The lowest BCUT2D eigenvalue weighted by Gasteiger charge is -2.14. The Labute approximate surface area is 192 Å². The summed E-state index contributed by atoms with van der Waals surface area (Å²) in [6, 6.07) is 13.9. The number of aliphatic imine (C=N–C) groups is 1. The maximum absolute atomic E-state index is 12.6. The maximum Gasteiger partial charge on any atom is 0.387 e. The fourth-order valence-electron chi connectivity index (χ4n) is 2.63. The molecule has 0 unspecified atom stereocenters. The molecule has 30 heavy (non-hydrogen) atoms. The number of rotatable bonds is 9. The van der Waals surface area contributed by atoms with Crippen LogP contribution in [-0.4, -0.2) is 31.6 Å². The van der Waals surface area contributed by atoms with Crippen molar-refractivity contribution in [2.24, 2.45) is 4.99 Å². The van der Waals surface area contributed by atoms with Gasteiger partial charge in [0.2, 0.25) is 0 Å². The van der Waals surface area contributed by atoms with E-state index in [1.807, 2.05) is 26.0 Å². The van der Waals surface area contributed by atoms with E-state index in [1.54, 1.807) is 30.3 Å². The van der Waals surface area contributed by atoms with Gasteiger partial charge in [-0.25, -0.2) is 4.99 Å². The lowest BCUT2D eigenvalue weighted by molar-refractivity contribution is -0.0504. The van der Waals surface area contributed by atoms with E-state index in [9.17, 15) is 13.6 Å². The van der Waals surface area contributed by atoms with E-state index in [4.69, 9.17) is 0 Å². The molecule has 0 atom stereocenters. The molecule has 0 saturated carbocycles. The van der Waals surface area contributed by atoms with Crippen LogP contribution in [0.1, 0.15) is 35.3 Å². The summed E-state index contributed by atoms with van der Waals surface area (Å²) in [6.45, 7) is 2.75. The molecule has 2 aromatic carbocycles. The van der Waals surface area contributed by atoms with E-state index in [0.717, 1.165) is 5.56 Å². The quantitative estimate of drug-likeness (QED) is 0.260. The molecule has 0 spiro atoms. The van der Waals surface area contributed by atoms with Crippen molar-refractivity contribution in [1.82, 2.24) is 16.0 Å². The Morgan fingerprint density at radius 2 is 1.77 bits per heavy atom. The molecule has 9 heteroatoms. The molecule has 3 N–H and O–H groups in total. The summed E-state index contributed by atoms with van der Waals surface area (Å²) in [6.07, 6.45) is 0. The maximum atomic E-state index is 12.6. The van der Waals surface area contributed by atoms with Crippen LogP contribution in [0.2, 0.25) is 0 Å². The number of alkyl halides is 2. The molecule has 0 radical (unpaired) electrons. The highest BCUT2D eigenvalue weighted by Gasteiger charge is 2.10. The Balaban J connectivity index is 0.00000450. The molecule has 0 aromatic heterocycles. The van der Waals surface area contributed by atoms with Gasteiger partial charge in [0.15, 0.2) is 5.96 Å². The third-order valence-corrected chi connectivity index (χ3v) is 3.93. The molecule has 164 valence electrons. The van der Waals surface area contributed by atoms with Gasteiger partial charge in [0, 0.05) is 30.8 Å². The molecule has 0 fully saturated rings. The Hall–Kier alpha value is -2.43. The summed E-state index contributed by atoms with van der Waals surface area (Å²) in [5.74, 6) is 0.530. The second-order valence-corrected chi connectivity index (χ2v) is 6.09. The molecular weight excluding hydrogens is 505 g/mol. The van der Waals surface area contributed by atoms with E-state index in [0.29, 0.717) is 36.7 Å². The largest absolute Gasteiger partial charge is 0.434 e. The molecule has 0 saturated heterocycles. The molecule has 6 nitrogen and oxygen atoms in total. The van der Waals surface area contributed by atoms with Crippen molar-refractivity contribution in [1.29, 1.82) is 0 Å². The van der Waals surface area contributed by atoms with Gasteiger partial charge in [-0.3, -0.25) is 4.79 Å². The van der Waals surface area contributed by atoms with Gasteiger partial charge in [-0.1, -0.05) is 30.3 Å². The molecule has 0 aliphatic carbocycles. The van der Waals surface area contributed by atoms with E-state index in [2.05, 4.69) is 25.7 Å². The van der Waals surface area contributed by atoms with Crippen LogP contribution in [0.25, 0.3) is 0 Å². The normalized spacial score (nSPS) is 10.9. The zero-order valence-electron chi connectivity index (χ0n) is 17.0. The molecule has 1 amide bonds. The monoisotopic (exact) mass is 532 g/mol. The molecule has 2 aromatic rings. The predicted molar refractivity (Wildman–Crippen MR) is 125 cm³/mol. The van der Waals surface area contributed by atoms with E-state index < -0.39 is 6.61 Å². The van der Waals surface area contributed by atoms with Crippen LogP contribution in [0, 0.1) is 0 Å². The number of halogens is 3. The van der Waals surface area contributed by atoms with Gasteiger partial charge in [0.05, 0.1) is 6.54 Å². The average molecular weight is 532 g/mol. The lowest BCUT2D eigenvalue weighted by atomic mass is 10.1. The second-order valence-electron chi connectivity index (χ2n) is 6.09. The van der Waals surface area contributed by atoms with Crippen LogP contribution in [0.3, 0.4) is 0 Å². The Morgan fingerprint density at radius 3 is 2.47 bits per heavy atom. The van der Waals surface area contributed by atoms with Gasteiger partial charge >= 0.3 is 6.61 Å². The van der Waals surface area contributed by atoms with E-state index in [-0.39, 0.29) is 42.2 Å². The number of ether oxygens (including phenoxy) is 1. The smallest absolute Gasteiger partial charge is 0.387 e. The van der Waals surface area contributed by atoms with Crippen molar-refractivity contribution in [3.63, 3.8) is 0 Å². The first-order chi connectivity index (χ1) is 14.0. The highest BCUT2D eigenvalue weighted by molar-refractivity contribution is 14.0. The number of nitrogens with zero attached hydrogens (tertiary/aromatic N) is 1. The molecule has 0 bridgehead atoms. The Bertz CT molecular complexity index is 834. The fourth-order valence-corrected chi connectivity index (χ4v) is 2.63. The van der Waals surface area contributed by atoms with Gasteiger partial charge in [-0.2, -0.15) is 8.78 Å². The first-order valence-corrected chi connectivity index (χ1v) is 9.45. The molecule has 0 heterocycles. The second kappa shape index (κ2) is 13.7. The highest BCUT2D eigenvalue weighted by atomic mass is 127. The van der Waals surface area contributed by atoms with E-state index in [1.165, 1.54) is 6.07 Å². The Morgan fingerprint density at radius 1 is 1.03 bits per heavy atom. The number of nitrogens with one attached hydrogen (secondary N) is 3. The first kappa shape index (κ1) is 25.6. The van der Waals surface area contributed by atoms with Crippen LogP contribution in [-0.2, 0) is 13.1 Å². The predicted octanol–water partition coefficient (Wildman–Crippen LogP) is 3.91. The van der Waals surface area contributed by atoms with Gasteiger partial charge < -0.3 is 20.7 Å². The summed E-state index contributed by atoms with van der Waals surface area (Å²) in [5, 5.41) is 8.99. The van der Waals surface area contributed by atoms with Crippen LogP contribution >= 0.6 is 24.0 Å². The van der Waals surface area contributed by atoms with Crippen molar-refractivity contribution in [3.05, 3.63) is 65.2 Å². The van der Waals surface area contributed by atoms with Crippen LogP contribution in [0.5, 0.6) is 5.75 Å². The molecule has 0 aliphatic heterocycles. The van der Waals surface area contributed by atoms with Gasteiger partial charge in [0.1, 0.15) is 5.75 Å². The number of guanidine groups is 1. The van der Waals surface area contributed by atoms with Crippen molar-refractivity contribution < 1.29 is 18.3 Å². The zero-order valence-corrected chi connectivity index (χ0v) is 19.3. The first-order valence-electron chi connectivity index (χ1n) is 9.45. The van der Waals surface area contributed by atoms with Crippen molar-refractivity contribution >= 4 is 35.8 Å². The third-order valence-electron chi connectivity index (χ3n) is 3.93. The minimum absolute atomic E-state index is 0. The number of amides is 1. The number of benzene rings is 2. The summed E-state index contributed by atoms with van der Waals surface area (Å²) in [4.78, 5) is 16.5.